The topological polar surface area (TPSA) is 87.8 Å². The zero-order valence-corrected chi connectivity index (χ0v) is 17.4. The number of hydrogen-bond donors (Lipinski definition) is 2. The van der Waals surface area contributed by atoms with Crippen molar-refractivity contribution < 1.29 is 23.6 Å². The minimum atomic E-state index is -0.609. The molecule has 7 nitrogen and oxygen atoms in total. The molecule has 1 amide bonds. The number of aliphatic hydroxyl groups excluding tert-OH is 1. The normalized spacial score (nSPS) is 16.4. The molecule has 1 aliphatic rings. The van der Waals surface area contributed by atoms with E-state index in [1.807, 2.05) is 0 Å². The molecule has 0 spiro atoms. The summed E-state index contributed by atoms with van der Waals surface area (Å²) in [5.74, 6) is 0.447. The predicted octanol–water partition coefficient (Wildman–Crippen LogP) is 3.54. The Morgan fingerprint density at radius 1 is 1.29 bits per heavy atom. The smallest absolute Gasteiger partial charge is 0.221 e. The van der Waals surface area contributed by atoms with Crippen molar-refractivity contribution in [1.82, 2.24) is 10.1 Å². The van der Waals surface area contributed by atoms with Crippen LogP contribution in [0.2, 0.25) is 0 Å². The molecule has 164 valence electrons. The standard InChI is InChI=1S/C23H26FN3O4/c1-15(28)25-18-3-5-20(6-4-18)30-14-19(29)13-27-10-8-16(9-11-27)23-21-7-2-17(24)12-22(21)31-26-23/h2-7,12,16,19,29H,8-11,13-14H2,1H3,(H,25,28). The van der Waals surface area contributed by atoms with E-state index in [-0.39, 0.29) is 24.2 Å². The molecule has 0 bridgehead atoms. The minimum absolute atomic E-state index is 0.126. The zero-order valence-electron chi connectivity index (χ0n) is 17.4. The summed E-state index contributed by atoms with van der Waals surface area (Å²) < 4.78 is 24.3. The SMILES string of the molecule is CC(=O)Nc1ccc(OCC(O)CN2CCC(c3noc4cc(F)ccc34)CC2)cc1. The van der Waals surface area contributed by atoms with Crippen LogP contribution in [-0.2, 0) is 4.79 Å². The highest BCUT2D eigenvalue weighted by atomic mass is 19.1. The Hall–Kier alpha value is -2.97. The minimum Gasteiger partial charge on any atom is -0.491 e. The molecule has 0 aliphatic carbocycles. The Bertz CT molecular complexity index is 1030. The summed E-state index contributed by atoms with van der Waals surface area (Å²) in [5.41, 5.74) is 2.07. The molecule has 31 heavy (non-hydrogen) atoms. The molecule has 8 heteroatoms. The second-order valence-electron chi connectivity index (χ2n) is 7.95. The third-order valence-corrected chi connectivity index (χ3v) is 5.52. The van der Waals surface area contributed by atoms with Crippen LogP contribution >= 0.6 is 0 Å². The van der Waals surface area contributed by atoms with Gasteiger partial charge in [0.1, 0.15) is 24.3 Å². The van der Waals surface area contributed by atoms with Crippen molar-refractivity contribution in [3.05, 3.63) is 54.0 Å². The first-order chi connectivity index (χ1) is 15.0. The van der Waals surface area contributed by atoms with Crippen LogP contribution in [0.15, 0.2) is 47.0 Å². The van der Waals surface area contributed by atoms with E-state index in [0.29, 0.717) is 23.6 Å². The average Bonchev–Trinajstić information content (AvgIpc) is 3.16. The first-order valence-electron chi connectivity index (χ1n) is 10.4. The molecule has 1 fully saturated rings. The van der Waals surface area contributed by atoms with Crippen molar-refractivity contribution >= 4 is 22.6 Å². The van der Waals surface area contributed by atoms with Crippen LogP contribution in [-0.4, -0.2) is 53.4 Å². The monoisotopic (exact) mass is 427 g/mol. The van der Waals surface area contributed by atoms with Crippen LogP contribution in [0.4, 0.5) is 10.1 Å². The van der Waals surface area contributed by atoms with Crippen LogP contribution in [0.3, 0.4) is 0 Å². The van der Waals surface area contributed by atoms with Crippen molar-refractivity contribution in [3.63, 3.8) is 0 Å². The predicted molar refractivity (Wildman–Crippen MR) is 115 cm³/mol. The third kappa shape index (κ3) is 5.39. The number of aromatic nitrogens is 1. The van der Waals surface area contributed by atoms with Crippen molar-refractivity contribution in [3.8, 4) is 5.75 Å². The molecular formula is C23H26FN3O4. The highest BCUT2D eigenvalue weighted by molar-refractivity contribution is 5.88. The number of rotatable bonds is 7. The largest absolute Gasteiger partial charge is 0.491 e. The molecule has 1 unspecified atom stereocenters. The lowest BCUT2D eigenvalue weighted by Crippen LogP contribution is -2.40. The van der Waals surface area contributed by atoms with E-state index in [1.54, 1.807) is 30.3 Å². The second-order valence-corrected chi connectivity index (χ2v) is 7.95. The van der Waals surface area contributed by atoms with E-state index in [4.69, 9.17) is 9.26 Å². The maximum atomic E-state index is 13.4. The molecule has 1 saturated heterocycles. The average molecular weight is 427 g/mol. The molecule has 1 aromatic heterocycles. The molecule has 2 heterocycles. The quantitative estimate of drug-likeness (QED) is 0.600. The Morgan fingerprint density at radius 3 is 2.74 bits per heavy atom. The molecule has 2 aromatic carbocycles. The van der Waals surface area contributed by atoms with Crippen LogP contribution in [0.1, 0.15) is 31.4 Å². The summed E-state index contributed by atoms with van der Waals surface area (Å²) in [7, 11) is 0. The first-order valence-corrected chi connectivity index (χ1v) is 10.4. The lowest BCUT2D eigenvalue weighted by atomic mass is 9.91. The molecule has 1 atom stereocenters. The van der Waals surface area contributed by atoms with Gasteiger partial charge in [-0.2, -0.15) is 0 Å². The summed E-state index contributed by atoms with van der Waals surface area (Å²) in [6.07, 6.45) is 1.19. The summed E-state index contributed by atoms with van der Waals surface area (Å²) in [6, 6.07) is 11.6. The second kappa shape index (κ2) is 9.45. The van der Waals surface area contributed by atoms with E-state index in [1.165, 1.54) is 19.1 Å². The number of hydrogen-bond acceptors (Lipinski definition) is 6. The number of carbonyl (C=O) groups is 1. The Labute approximate surface area is 179 Å². The van der Waals surface area contributed by atoms with Gasteiger partial charge in [-0.25, -0.2) is 4.39 Å². The number of anilines is 1. The van der Waals surface area contributed by atoms with Gasteiger partial charge in [-0.1, -0.05) is 5.16 Å². The van der Waals surface area contributed by atoms with Crippen molar-refractivity contribution in [2.45, 2.75) is 31.8 Å². The molecule has 1 aliphatic heterocycles. The number of nitrogens with zero attached hydrogens (tertiary/aromatic N) is 2. The van der Waals surface area contributed by atoms with E-state index >= 15 is 0 Å². The number of carbonyl (C=O) groups excluding carboxylic acids is 1. The van der Waals surface area contributed by atoms with Crippen LogP contribution in [0, 0.1) is 5.82 Å². The van der Waals surface area contributed by atoms with Crippen molar-refractivity contribution in [1.29, 1.82) is 0 Å². The number of amides is 1. The van der Waals surface area contributed by atoms with Gasteiger partial charge in [-0.3, -0.25) is 4.79 Å². The van der Waals surface area contributed by atoms with Gasteiger partial charge >= 0.3 is 0 Å². The Kier molecular flexibility index (Phi) is 6.48. The molecular weight excluding hydrogens is 401 g/mol. The summed E-state index contributed by atoms with van der Waals surface area (Å²) in [5, 5.41) is 18.1. The number of benzene rings is 2. The van der Waals surface area contributed by atoms with Gasteiger partial charge in [-0.15, -0.1) is 0 Å². The number of nitrogens with one attached hydrogen (secondary N) is 1. The maximum absolute atomic E-state index is 13.4. The van der Waals surface area contributed by atoms with Crippen LogP contribution in [0.25, 0.3) is 11.0 Å². The lowest BCUT2D eigenvalue weighted by Gasteiger charge is -2.32. The van der Waals surface area contributed by atoms with E-state index in [2.05, 4.69) is 15.4 Å². The van der Waals surface area contributed by atoms with Crippen LogP contribution < -0.4 is 10.1 Å². The zero-order chi connectivity index (χ0) is 21.8. The number of fused-ring (bicyclic) bond motifs is 1. The highest BCUT2D eigenvalue weighted by Crippen LogP contribution is 2.32. The molecule has 4 rings (SSSR count). The van der Waals surface area contributed by atoms with Crippen LogP contribution in [0.5, 0.6) is 5.75 Å². The fourth-order valence-corrected chi connectivity index (χ4v) is 4.00. The molecule has 0 saturated carbocycles. The van der Waals surface area contributed by atoms with Crippen molar-refractivity contribution in [2.75, 3.05) is 31.6 Å². The number of likely N-dealkylation sites (tertiary alicyclic amines) is 1. The van der Waals surface area contributed by atoms with Gasteiger partial charge < -0.3 is 24.6 Å². The van der Waals surface area contributed by atoms with Gasteiger partial charge in [-0.05, 0) is 62.3 Å². The van der Waals surface area contributed by atoms with Gasteiger partial charge in [0.25, 0.3) is 0 Å². The highest BCUT2D eigenvalue weighted by Gasteiger charge is 2.26. The van der Waals surface area contributed by atoms with Gasteiger partial charge in [0.2, 0.25) is 5.91 Å². The molecule has 2 N–H and O–H groups in total. The number of piperidine rings is 1. The summed E-state index contributed by atoms with van der Waals surface area (Å²) >= 11 is 0. The number of aliphatic hydroxyl groups is 1. The number of β-amino-alcohol motifs (C(OH)–C–C–N with tert-alkyl or cyclic N) is 1. The van der Waals surface area contributed by atoms with Gasteiger partial charge in [0.15, 0.2) is 5.58 Å². The van der Waals surface area contributed by atoms with E-state index < -0.39 is 6.10 Å². The van der Waals surface area contributed by atoms with Crippen molar-refractivity contribution in [2.24, 2.45) is 0 Å². The number of ether oxygens (including phenoxy) is 1. The summed E-state index contributed by atoms with van der Waals surface area (Å²) in [4.78, 5) is 13.3. The Morgan fingerprint density at radius 2 is 2.03 bits per heavy atom. The van der Waals surface area contributed by atoms with Gasteiger partial charge in [0, 0.05) is 36.5 Å². The van der Waals surface area contributed by atoms with E-state index in [9.17, 15) is 14.3 Å². The molecule has 3 aromatic rings. The fourth-order valence-electron chi connectivity index (χ4n) is 4.00. The summed E-state index contributed by atoms with van der Waals surface area (Å²) in [6.45, 7) is 3.85. The fraction of sp³-hybridized carbons (Fsp3) is 0.391. The molecule has 0 radical (unpaired) electrons. The van der Waals surface area contributed by atoms with E-state index in [0.717, 1.165) is 37.0 Å². The first kappa shape index (κ1) is 21.3. The van der Waals surface area contributed by atoms with Gasteiger partial charge in [0.05, 0.1) is 5.69 Å². The third-order valence-electron chi connectivity index (χ3n) is 5.52. The maximum Gasteiger partial charge on any atom is 0.221 e. The number of halogens is 1. The lowest BCUT2D eigenvalue weighted by molar-refractivity contribution is -0.114. The Balaban J connectivity index is 1.23.